The topological polar surface area (TPSA) is 43.9 Å². The molecule has 3 aromatic heterocycles. The van der Waals surface area contributed by atoms with Gasteiger partial charge in [-0.15, -0.1) is 0 Å². The first-order valence-corrected chi connectivity index (χ1v) is 16.2. The molecule has 0 amide bonds. The standard InChI is InChI=1S/C44H27N3O/c1-2-13-32(14-3-1)47-40-19-8-7-18-39(40)46-44(47)29-23-21-28(22-24-29)30-11-10-12-31(25-30)43-37-27-42-36(34-16-5-9-20-41(34)48-42)26-35(37)33-15-4-6-17-38(33)45-43/h1-27H. The van der Waals surface area contributed by atoms with Gasteiger partial charge >= 0.3 is 0 Å². The predicted octanol–water partition coefficient (Wildman–Crippen LogP) is 11.6. The molecular formula is C44H27N3O. The molecule has 0 spiro atoms. The van der Waals surface area contributed by atoms with Crippen molar-refractivity contribution in [2.24, 2.45) is 0 Å². The van der Waals surface area contributed by atoms with Crippen molar-refractivity contribution < 1.29 is 4.42 Å². The maximum atomic E-state index is 6.33. The van der Waals surface area contributed by atoms with Crippen LogP contribution < -0.4 is 0 Å². The molecule has 0 aliphatic carbocycles. The van der Waals surface area contributed by atoms with Crippen LogP contribution in [0.2, 0.25) is 0 Å². The number of hydrogen-bond donors (Lipinski definition) is 0. The molecule has 4 nitrogen and oxygen atoms in total. The second kappa shape index (κ2) is 10.5. The minimum Gasteiger partial charge on any atom is -0.456 e. The zero-order valence-corrected chi connectivity index (χ0v) is 25.8. The summed E-state index contributed by atoms with van der Waals surface area (Å²) in [6.45, 7) is 0. The first kappa shape index (κ1) is 26.7. The quantitative estimate of drug-likeness (QED) is 0.186. The lowest BCUT2D eigenvalue weighted by atomic mass is 9.95. The maximum Gasteiger partial charge on any atom is 0.145 e. The average Bonchev–Trinajstić information content (AvgIpc) is 3.73. The number of aromatic nitrogens is 3. The van der Waals surface area contributed by atoms with E-state index in [4.69, 9.17) is 14.4 Å². The molecule has 0 saturated carbocycles. The van der Waals surface area contributed by atoms with Crippen molar-refractivity contribution in [2.45, 2.75) is 0 Å². The summed E-state index contributed by atoms with van der Waals surface area (Å²) in [5.74, 6) is 0.923. The number of pyridine rings is 1. The molecule has 0 saturated heterocycles. The zero-order chi connectivity index (χ0) is 31.6. The summed E-state index contributed by atoms with van der Waals surface area (Å²) >= 11 is 0. The summed E-state index contributed by atoms with van der Waals surface area (Å²) in [5.41, 5.74) is 11.2. The Hall–Kier alpha value is -6.52. The molecule has 0 radical (unpaired) electrons. The smallest absolute Gasteiger partial charge is 0.145 e. The van der Waals surface area contributed by atoms with Crippen LogP contribution in [-0.2, 0) is 0 Å². The highest BCUT2D eigenvalue weighted by molar-refractivity contribution is 6.18. The first-order chi connectivity index (χ1) is 23.8. The van der Waals surface area contributed by atoms with Gasteiger partial charge in [0, 0.05) is 38.4 Å². The van der Waals surface area contributed by atoms with E-state index in [9.17, 15) is 0 Å². The van der Waals surface area contributed by atoms with Crippen molar-refractivity contribution >= 4 is 54.6 Å². The number of imidazole rings is 1. The van der Waals surface area contributed by atoms with E-state index in [2.05, 4.69) is 144 Å². The van der Waals surface area contributed by atoms with Gasteiger partial charge in [0.2, 0.25) is 0 Å². The van der Waals surface area contributed by atoms with Gasteiger partial charge in [0.15, 0.2) is 0 Å². The van der Waals surface area contributed by atoms with Crippen molar-refractivity contribution in [3.8, 4) is 39.5 Å². The molecular weight excluding hydrogens is 587 g/mol. The highest BCUT2D eigenvalue weighted by Crippen LogP contribution is 2.39. The third-order valence-electron chi connectivity index (χ3n) is 9.39. The molecule has 0 unspecified atom stereocenters. The average molecular weight is 614 g/mol. The minimum absolute atomic E-state index is 0.871. The van der Waals surface area contributed by atoms with E-state index in [0.29, 0.717) is 0 Å². The van der Waals surface area contributed by atoms with Gasteiger partial charge in [-0.05, 0) is 71.1 Å². The van der Waals surface area contributed by atoms with Gasteiger partial charge in [0.1, 0.15) is 17.0 Å². The summed E-state index contributed by atoms with van der Waals surface area (Å²) in [4.78, 5) is 10.3. The fourth-order valence-corrected chi connectivity index (χ4v) is 7.11. The number of fused-ring (bicyclic) bond motifs is 7. The number of para-hydroxylation sites is 5. The third-order valence-corrected chi connectivity index (χ3v) is 9.39. The molecule has 48 heavy (non-hydrogen) atoms. The lowest BCUT2D eigenvalue weighted by molar-refractivity contribution is 0.669. The van der Waals surface area contributed by atoms with Crippen molar-refractivity contribution in [3.63, 3.8) is 0 Å². The minimum atomic E-state index is 0.871. The monoisotopic (exact) mass is 613 g/mol. The van der Waals surface area contributed by atoms with Crippen LogP contribution in [0.5, 0.6) is 0 Å². The molecule has 0 fully saturated rings. The lowest BCUT2D eigenvalue weighted by Crippen LogP contribution is -1.97. The zero-order valence-electron chi connectivity index (χ0n) is 25.8. The van der Waals surface area contributed by atoms with Gasteiger partial charge in [0.25, 0.3) is 0 Å². The van der Waals surface area contributed by atoms with Gasteiger partial charge < -0.3 is 4.42 Å². The van der Waals surface area contributed by atoms with Crippen LogP contribution in [0.3, 0.4) is 0 Å². The van der Waals surface area contributed by atoms with Crippen LogP contribution >= 0.6 is 0 Å². The van der Waals surface area contributed by atoms with Crippen molar-refractivity contribution in [3.05, 3.63) is 164 Å². The van der Waals surface area contributed by atoms with Gasteiger partial charge in [-0.25, -0.2) is 9.97 Å². The fraction of sp³-hybridized carbons (Fsp3) is 0. The summed E-state index contributed by atoms with van der Waals surface area (Å²) < 4.78 is 8.56. The van der Waals surface area contributed by atoms with E-state index in [1.807, 2.05) is 24.3 Å². The Bertz CT molecular complexity index is 2830. The van der Waals surface area contributed by atoms with E-state index in [0.717, 1.165) is 88.7 Å². The SMILES string of the molecule is c1ccc(-n2c(-c3ccc(-c4cccc(-c5nc6ccccc6c6cc7c(cc56)oc5ccccc57)c4)cc3)nc3ccccc32)cc1. The lowest BCUT2D eigenvalue weighted by Gasteiger charge is -2.12. The summed E-state index contributed by atoms with van der Waals surface area (Å²) in [6, 6.07) is 57.2. The Morgan fingerprint density at radius 1 is 0.396 bits per heavy atom. The molecule has 0 atom stereocenters. The van der Waals surface area contributed by atoms with Gasteiger partial charge in [-0.1, -0.05) is 109 Å². The van der Waals surface area contributed by atoms with E-state index in [-0.39, 0.29) is 0 Å². The second-order valence-electron chi connectivity index (χ2n) is 12.2. The molecule has 0 N–H and O–H groups in total. The van der Waals surface area contributed by atoms with Crippen LogP contribution in [0.4, 0.5) is 0 Å². The van der Waals surface area contributed by atoms with Crippen LogP contribution in [-0.4, -0.2) is 14.5 Å². The Labute approximate surface area is 276 Å². The molecule has 224 valence electrons. The molecule has 7 aromatic carbocycles. The highest BCUT2D eigenvalue weighted by Gasteiger charge is 2.17. The van der Waals surface area contributed by atoms with E-state index >= 15 is 0 Å². The number of benzene rings is 7. The molecule has 0 bridgehead atoms. The largest absolute Gasteiger partial charge is 0.456 e. The van der Waals surface area contributed by atoms with E-state index < -0.39 is 0 Å². The molecule has 0 aliphatic heterocycles. The van der Waals surface area contributed by atoms with Crippen molar-refractivity contribution in [1.29, 1.82) is 0 Å². The second-order valence-corrected chi connectivity index (χ2v) is 12.2. The molecule has 3 heterocycles. The number of nitrogens with zero attached hydrogens (tertiary/aromatic N) is 3. The fourth-order valence-electron chi connectivity index (χ4n) is 7.11. The highest BCUT2D eigenvalue weighted by atomic mass is 16.3. The van der Waals surface area contributed by atoms with E-state index in [1.165, 1.54) is 5.39 Å². The van der Waals surface area contributed by atoms with Crippen molar-refractivity contribution in [2.75, 3.05) is 0 Å². The Balaban J connectivity index is 1.10. The normalized spacial score (nSPS) is 11.8. The van der Waals surface area contributed by atoms with Crippen LogP contribution in [0.25, 0.3) is 94.1 Å². The van der Waals surface area contributed by atoms with Crippen LogP contribution in [0.15, 0.2) is 168 Å². The number of furan rings is 1. The molecule has 10 aromatic rings. The third kappa shape index (κ3) is 4.16. The van der Waals surface area contributed by atoms with Gasteiger partial charge in [-0.2, -0.15) is 0 Å². The van der Waals surface area contributed by atoms with Crippen LogP contribution in [0.1, 0.15) is 0 Å². The van der Waals surface area contributed by atoms with Gasteiger partial charge in [0.05, 0.1) is 22.2 Å². The van der Waals surface area contributed by atoms with Gasteiger partial charge in [-0.3, -0.25) is 4.57 Å². The molecule has 0 aliphatic rings. The predicted molar refractivity (Wildman–Crippen MR) is 197 cm³/mol. The summed E-state index contributed by atoms with van der Waals surface area (Å²) in [6.07, 6.45) is 0. The van der Waals surface area contributed by atoms with E-state index in [1.54, 1.807) is 0 Å². The maximum absolute atomic E-state index is 6.33. The van der Waals surface area contributed by atoms with Crippen LogP contribution in [0, 0.1) is 0 Å². The summed E-state index contributed by atoms with van der Waals surface area (Å²) in [7, 11) is 0. The summed E-state index contributed by atoms with van der Waals surface area (Å²) in [5, 5.41) is 5.63. The molecule has 10 rings (SSSR count). The Morgan fingerprint density at radius 3 is 1.98 bits per heavy atom. The number of rotatable bonds is 4. The molecule has 4 heteroatoms. The Kier molecular flexibility index (Phi) is 5.84. The number of hydrogen-bond acceptors (Lipinski definition) is 3. The first-order valence-electron chi connectivity index (χ1n) is 16.2. The van der Waals surface area contributed by atoms with Crippen molar-refractivity contribution in [1.82, 2.24) is 14.5 Å². The Morgan fingerprint density at radius 2 is 1.10 bits per heavy atom.